The van der Waals surface area contributed by atoms with Gasteiger partial charge in [-0.1, -0.05) is 11.8 Å². The first kappa shape index (κ1) is 6.87. The number of aromatic nitrogens is 1. The number of nitrogen functional groups attached to an aromatic ring is 1. The van der Waals surface area contributed by atoms with Gasteiger partial charge in [0.2, 0.25) is 0 Å². The number of hydrogen-bond acceptors (Lipinski definition) is 4. The second-order valence-electron chi connectivity index (χ2n) is 2.56. The minimum atomic E-state index is 0.0249. The molecule has 1 aliphatic rings. The first-order chi connectivity index (χ1) is 5.18. The van der Waals surface area contributed by atoms with Crippen molar-refractivity contribution in [3.63, 3.8) is 0 Å². The highest BCUT2D eigenvalue weighted by Gasteiger charge is 2.25. The van der Waals surface area contributed by atoms with Gasteiger partial charge in [0.1, 0.15) is 17.1 Å². The third-order valence-electron chi connectivity index (χ3n) is 1.76. The molecule has 2 heterocycles. The summed E-state index contributed by atoms with van der Waals surface area (Å²) in [7, 11) is 1.94. The van der Waals surface area contributed by atoms with Gasteiger partial charge < -0.3 is 21.4 Å². The largest absolute Gasteiger partial charge is 0.385 e. The normalized spacial score (nSPS) is 22.4. The predicted octanol–water partition coefficient (Wildman–Crippen LogP) is 0.381. The fourth-order valence-corrected chi connectivity index (χ4v) is 2.16. The van der Waals surface area contributed by atoms with Gasteiger partial charge in [-0.3, -0.25) is 0 Å². The summed E-state index contributed by atoms with van der Waals surface area (Å²) in [5.74, 6) is 1.72. The molecule has 4 nitrogen and oxygen atoms in total. The molecule has 1 atom stereocenters. The van der Waals surface area contributed by atoms with Gasteiger partial charge in [0.25, 0.3) is 0 Å². The van der Waals surface area contributed by atoms with Crippen LogP contribution in [-0.2, 0) is 0 Å². The van der Waals surface area contributed by atoms with Crippen LogP contribution in [0.2, 0.25) is 0 Å². The third-order valence-corrected chi connectivity index (χ3v) is 2.89. The van der Waals surface area contributed by atoms with Crippen LogP contribution in [0.4, 0.5) is 11.6 Å². The summed E-state index contributed by atoms with van der Waals surface area (Å²) < 4.78 is 0. The molecule has 0 aliphatic carbocycles. The lowest BCUT2D eigenvalue weighted by Gasteiger charge is -2.15. The quantitative estimate of drug-likeness (QED) is 0.526. The fraction of sp³-hybridized carbons (Fsp3) is 0.333. The number of aromatic amines is 1. The van der Waals surface area contributed by atoms with Crippen molar-refractivity contribution in [2.45, 2.75) is 10.4 Å². The number of nitrogens with one attached hydrogen (secondary N) is 1. The second kappa shape index (κ2) is 2.09. The zero-order valence-electron chi connectivity index (χ0n) is 6.16. The van der Waals surface area contributed by atoms with Crippen molar-refractivity contribution in [2.75, 3.05) is 17.7 Å². The number of nitrogens with zero attached hydrogens (tertiary/aromatic N) is 1. The van der Waals surface area contributed by atoms with Gasteiger partial charge in [-0.05, 0) is 6.07 Å². The fourth-order valence-electron chi connectivity index (χ4n) is 1.13. The van der Waals surface area contributed by atoms with E-state index in [9.17, 15) is 0 Å². The zero-order chi connectivity index (χ0) is 8.01. The molecule has 1 aromatic rings. The first-order valence-electron chi connectivity index (χ1n) is 3.32. The molecule has 0 saturated heterocycles. The Bertz CT molecular complexity index is 282. The average molecular weight is 170 g/mol. The van der Waals surface area contributed by atoms with Crippen LogP contribution in [0, 0.1) is 0 Å². The summed E-state index contributed by atoms with van der Waals surface area (Å²) >= 11 is 1.61. The van der Waals surface area contributed by atoms with Crippen LogP contribution < -0.4 is 16.4 Å². The standard InChI is InChI=1S/C6H10N4S/c1-10-5-3(11-6(10)8)2-4(7)9-5/h2,6,9H,7-8H2,1H3. The molecular weight excluding hydrogens is 160 g/mol. The van der Waals surface area contributed by atoms with Crippen molar-refractivity contribution in [1.82, 2.24) is 4.98 Å². The van der Waals surface area contributed by atoms with E-state index < -0.39 is 0 Å². The minimum absolute atomic E-state index is 0.0249. The van der Waals surface area contributed by atoms with Crippen LogP contribution in [0.25, 0.3) is 0 Å². The van der Waals surface area contributed by atoms with Crippen LogP contribution in [0.1, 0.15) is 0 Å². The molecule has 2 rings (SSSR count). The highest BCUT2D eigenvalue weighted by Crippen LogP contribution is 2.40. The zero-order valence-corrected chi connectivity index (χ0v) is 6.98. The van der Waals surface area contributed by atoms with Gasteiger partial charge >= 0.3 is 0 Å². The van der Waals surface area contributed by atoms with Gasteiger partial charge in [0, 0.05) is 7.05 Å². The second-order valence-corrected chi connectivity index (χ2v) is 3.72. The van der Waals surface area contributed by atoms with E-state index in [2.05, 4.69) is 4.98 Å². The molecule has 0 aromatic carbocycles. The van der Waals surface area contributed by atoms with Gasteiger partial charge in [0.05, 0.1) is 4.90 Å². The molecular formula is C6H10N4S. The SMILES string of the molecule is CN1c2[nH]c(N)cc2SC1N. The van der Waals surface area contributed by atoms with Crippen molar-refractivity contribution < 1.29 is 0 Å². The van der Waals surface area contributed by atoms with Crippen LogP contribution in [0.3, 0.4) is 0 Å². The van der Waals surface area contributed by atoms with E-state index in [1.54, 1.807) is 11.8 Å². The van der Waals surface area contributed by atoms with Crippen molar-refractivity contribution >= 4 is 23.4 Å². The molecule has 0 fully saturated rings. The molecule has 0 saturated carbocycles. The van der Waals surface area contributed by atoms with Crippen molar-refractivity contribution in [2.24, 2.45) is 5.73 Å². The van der Waals surface area contributed by atoms with Gasteiger partial charge in [-0.25, -0.2) is 0 Å². The Morgan fingerprint density at radius 3 is 3.09 bits per heavy atom. The van der Waals surface area contributed by atoms with Crippen LogP contribution >= 0.6 is 11.8 Å². The van der Waals surface area contributed by atoms with Crippen LogP contribution in [0.15, 0.2) is 11.0 Å². The first-order valence-corrected chi connectivity index (χ1v) is 4.20. The minimum Gasteiger partial charge on any atom is -0.385 e. The lowest BCUT2D eigenvalue weighted by molar-refractivity contribution is 0.872. The van der Waals surface area contributed by atoms with E-state index in [0.717, 1.165) is 10.7 Å². The molecule has 1 aliphatic heterocycles. The number of thioether (sulfide) groups is 1. The summed E-state index contributed by atoms with van der Waals surface area (Å²) in [5.41, 5.74) is 11.3. The van der Waals surface area contributed by atoms with E-state index >= 15 is 0 Å². The number of rotatable bonds is 0. The molecule has 60 valence electrons. The Labute approximate surface area is 68.9 Å². The third kappa shape index (κ3) is 0.883. The maximum atomic E-state index is 5.75. The average Bonchev–Trinajstić information content (AvgIpc) is 2.37. The highest BCUT2D eigenvalue weighted by molar-refractivity contribution is 8.00. The Morgan fingerprint density at radius 2 is 2.45 bits per heavy atom. The van der Waals surface area contributed by atoms with E-state index in [1.165, 1.54) is 0 Å². The molecule has 5 N–H and O–H groups in total. The maximum Gasteiger partial charge on any atom is 0.131 e. The summed E-state index contributed by atoms with van der Waals surface area (Å²) in [5, 5.41) is 0. The Kier molecular flexibility index (Phi) is 1.30. The number of fused-ring (bicyclic) bond motifs is 1. The van der Waals surface area contributed by atoms with Crippen molar-refractivity contribution in [3.8, 4) is 0 Å². The maximum absolute atomic E-state index is 5.75. The van der Waals surface area contributed by atoms with E-state index in [-0.39, 0.29) is 5.50 Å². The molecule has 0 bridgehead atoms. The smallest absolute Gasteiger partial charge is 0.131 e. The molecule has 1 aromatic heterocycles. The van der Waals surface area contributed by atoms with Gasteiger partial charge in [-0.15, -0.1) is 0 Å². The van der Waals surface area contributed by atoms with Crippen molar-refractivity contribution in [1.29, 1.82) is 0 Å². The number of hydrogen-bond donors (Lipinski definition) is 3. The molecule has 0 spiro atoms. The summed E-state index contributed by atoms with van der Waals surface area (Å²) in [6.45, 7) is 0. The van der Waals surface area contributed by atoms with Crippen molar-refractivity contribution in [3.05, 3.63) is 6.07 Å². The Balaban J connectivity index is 2.44. The van der Waals surface area contributed by atoms with E-state index in [0.29, 0.717) is 5.82 Å². The highest BCUT2D eigenvalue weighted by atomic mass is 32.2. The molecule has 1 unspecified atom stereocenters. The predicted molar refractivity (Wildman–Crippen MR) is 47.4 cm³/mol. The summed E-state index contributed by atoms with van der Waals surface area (Å²) in [4.78, 5) is 6.14. The number of nitrogens with two attached hydrogens (primary N) is 2. The van der Waals surface area contributed by atoms with Crippen LogP contribution in [-0.4, -0.2) is 17.5 Å². The molecule has 0 amide bonds. The van der Waals surface area contributed by atoms with Gasteiger partial charge in [-0.2, -0.15) is 0 Å². The van der Waals surface area contributed by atoms with E-state index in [1.807, 2.05) is 18.0 Å². The van der Waals surface area contributed by atoms with Crippen LogP contribution in [0.5, 0.6) is 0 Å². The lowest BCUT2D eigenvalue weighted by atomic mass is 10.5. The molecule has 0 radical (unpaired) electrons. The van der Waals surface area contributed by atoms with Gasteiger partial charge in [0.15, 0.2) is 0 Å². The molecule has 11 heavy (non-hydrogen) atoms. The lowest BCUT2D eigenvalue weighted by Crippen LogP contribution is -2.32. The summed E-state index contributed by atoms with van der Waals surface area (Å²) in [6.07, 6.45) is 0. The summed E-state index contributed by atoms with van der Waals surface area (Å²) in [6, 6.07) is 1.91. The Hall–Kier alpha value is -0.810. The topological polar surface area (TPSA) is 71.1 Å². The van der Waals surface area contributed by atoms with E-state index in [4.69, 9.17) is 11.5 Å². The molecule has 5 heteroatoms. The number of anilines is 2. The monoisotopic (exact) mass is 170 g/mol. The Morgan fingerprint density at radius 1 is 1.73 bits per heavy atom. The number of H-pyrrole nitrogens is 1.